The van der Waals surface area contributed by atoms with Crippen molar-refractivity contribution in [3.63, 3.8) is 0 Å². The molecule has 2 heterocycles. The molecule has 104 valence electrons. The third kappa shape index (κ3) is 2.14. The molecule has 3 unspecified atom stereocenters. The second-order valence-electron chi connectivity index (χ2n) is 5.89. The van der Waals surface area contributed by atoms with Crippen molar-refractivity contribution in [2.24, 2.45) is 11.7 Å². The Morgan fingerprint density at radius 2 is 2.32 bits per heavy atom. The highest BCUT2D eigenvalue weighted by Crippen LogP contribution is 2.48. The summed E-state index contributed by atoms with van der Waals surface area (Å²) < 4.78 is 15.4. The van der Waals surface area contributed by atoms with Crippen molar-refractivity contribution in [1.29, 1.82) is 0 Å². The van der Waals surface area contributed by atoms with E-state index in [4.69, 9.17) is 5.73 Å². The van der Waals surface area contributed by atoms with Crippen LogP contribution in [0, 0.1) is 5.92 Å². The number of rotatable bonds is 2. The minimum atomic E-state index is -1.04. The summed E-state index contributed by atoms with van der Waals surface area (Å²) in [5.41, 5.74) is 5.61. The number of hydrogen-bond acceptors (Lipinski definition) is 3. The van der Waals surface area contributed by atoms with Gasteiger partial charge >= 0.3 is 0 Å². The van der Waals surface area contributed by atoms with Crippen molar-refractivity contribution in [1.82, 2.24) is 9.78 Å². The first-order valence-electron chi connectivity index (χ1n) is 6.67. The van der Waals surface area contributed by atoms with E-state index < -0.39 is 11.7 Å². The molecule has 2 N–H and O–H groups in total. The second kappa shape index (κ2) is 4.03. The summed E-state index contributed by atoms with van der Waals surface area (Å²) in [6, 6.07) is 1.41. The molecule has 0 radical (unpaired) electrons. The van der Waals surface area contributed by atoms with Crippen LogP contribution in [0.1, 0.15) is 25.5 Å². The fourth-order valence-electron chi connectivity index (χ4n) is 2.70. The summed E-state index contributed by atoms with van der Waals surface area (Å²) in [5, 5.41) is 4.48. The number of carbonyl (C=O) groups excluding carboxylic acids is 1. The highest BCUT2D eigenvalue weighted by atomic mass is 19.1. The monoisotopic (exact) mass is 266 g/mol. The highest BCUT2D eigenvalue weighted by Gasteiger charge is 2.51. The van der Waals surface area contributed by atoms with Crippen LogP contribution in [0.2, 0.25) is 0 Å². The molecule has 1 amide bonds. The van der Waals surface area contributed by atoms with E-state index in [0.717, 1.165) is 11.5 Å². The lowest BCUT2D eigenvalue weighted by Crippen LogP contribution is -2.40. The van der Waals surface area contributed by atoms with E-state index in [1.807, 2.05) is 6.07 Å². The fraction of sp³-hybridized carbons (Fsp3) is 0.692. The van der Waals surface area contributed by atoms with Gasteiger partial charge in [-0.15, -0.1) is 0 Å². The van der Waals surface area contributed by atoms with E-state index in [1.54, 1.807) is 23.6 Å². The summed E-state index contributed by atoms with van der Waals surface area (Å²) in [4.78, 5) is 13.5. The van der Waals surface area contributed by atoms with Crippen molar-refractivity contribution in [3.8, 4) is 0 Å². The molecule has 1 saturated carbocycles. The van der Waals surface area contributed by atoms with Gasteiger partial charge in [-0.25, -0.2) is 9.07 Å². The number of carbonyl (C=O) groups is 1. The first-order chi connectivity index (χ1) is 8.88. The van der Waals surface area contributed by atoms with Gasteiger partial charge in [0.1, 0.15) is 11.5 Å². The van der Waals surface area contributed by atoms with Crippen LogP contribution in [0.25, 0.3) is 0 Å². The van der Waals surface area contributed by atoms with E-state index in [0.29, 0.717) is 25.8 Å². The molecular weight excluding hydrogens is 247 g/mol. The maximum absolute atomic E-state index is 13.6. The van der Waals surface area contributed by atoms with E-state index in [1.165, 1.54) is 0 Å². The van der Waals surface area contributed by atoms with Gasteiger partial charge in [0, 0.05) is 25.6 Å². The summed E-state index contributed by atoms with van der Waals surface area (Å²) in [5.74, 6) is 0.732. The highest BCUT2D eigenvalue weighted by molar-refractivity contribution is 5.96. The quantitative estimate of drug-likeness (QED) is 0.863. The molecule has 2 aliphatic rings. The molecule has 1 aliphatic heterocycles. The Morgan fingerprint density at radius 3 is 2.95 bits per heavy atom. The molecule has 5 nitrogen and oxygen atoms in total. The van der Waals surface area contributed by atoms with Gasteiger partial charge in [0.25, 0.3) is 0 Å². The molecule has 19 heavy (non-hydrogen) atoms. The Balaban J connectivity index is 1.82. The van der Waals surface area contributed by atoms with Crippen LogP contribution < -0.4 is 10.6 Å². The summed E-state index contributed by atoms with van der Waals surface area (Å²) in [6.45, 7) is 2.26. The van der Waals surface area contributed by atoms with Crippen molar-refractivity contribution in [3.05, 3.63) is 11.8 Å². The average Bonchev–Trinajstić information content (AvgIpc) is 2.81. The van der Waals surface area contributed by atoms with Gasteiger partial charge in [-0.1, -0.05) is 0 Å². The average molecular weight is 266 g/mol. The molecule has 6 heteroatoms. The van der Waals surface area contributed by atoms with Gasteiger partial charge in [-0.05, 0) is 26.2 Å². The third-order valence-corrected chi connectivity index (χ3v) is 4.24. The normalized spacial score (nSPS) is 34.1. The number of anilines is 1. The van der Waals surface area contributed by atoms with Crippen LogP contribution in [0.5, 0.6) is 0 Å². The fourth-order valence-corrected chi connectivity index (χ4v) is 2.70. The smallest absolute Gasteiger partial charge is 0.244 e. The largest absolute Gasteiger partial charge is 0.320 e. The van der Waals surface area contributed by atoms with Gasteiger partial charge in [0.05, 0.1) is 11.7 Å². The summed E-state index contributed by atoms with van der Waals surface area (Å²) >= 11 is 0. The van der Waals surface area contributed by atoms with E-state index in [-0.39, 0.29) is 11.8 Å². The lowest BCUT2D eigenvalue weighted by atomic mass is 10.2. The number of aromatic nitrogens is 2. The predicted molar refractivity (Wildman–Crippen MR) is 69.6 cm³/mol. The molecule has 1 aliphatic carbocycles. The molecule has 1 aromatic rings. The zero-order valence-corrected chi connectivity index (χ0v) is 11.3. The number of fused-ring (bicyclic) bond motifs is 1. The molecular formula is C13H19FN4O. The third-order valence-electron chi connectivity index (χ3n) is 4.24. The van der Waals surface area contributed by atoms with E-state index in [2.05, 4.69) is 5.10 Å². The molecule has 3 atom stereocenters. The second-order valence-corrected chi connectivity index (χ2v) is 5.89. The standard InChI is InChI=1S/C13H19FN4O/c1-13(14)7-8(13)5-9-6-11-17(2)12(19)10(15)3-4-18(11)16-9/h6,8,10H,3-5,7,15H2,1-2H3. The maximum Gasteiger partial charge on any atom is 0.244 e. The summed E-state index contributed by atoms with van der Waals surface area (Å²) in [6.07, 6.45) is 1.83. The minimum Gasteiger partial charge on any atom is -0.320 e. The van der Waals surface area contributed by atoms with Gasteiger partial charge in [-0.3, -0.25) is 9.69 Å². The maximum atomic E-state index is 13.6. The number of hydrogen-bond donors (Lipinski definition) is 1. The molecule has 0 spiro atoms. The number of likely N-dealkylation sites (N-methyl/N-ethyl adjacent to an activating group) is 1. The first kappa shape index (κ1) is 12.6. The molecule has 1 aromatic heterocycles. The van der Waals surface area contributed by atoms with Crippen molar-refractivity contribution in [2.45, 2.75) is 44.4 Å². The molecule has 0 saturated heterocycles. The lowest BCUT2D eigenvalue weighted by molar-refractivity contribution is -0.119. The Hall–Kier alpha value is -1.43. The van der Waals surface area contributed by atoms with Crippen LogP contribution in [0.3, 0.4) is 0 Å². The number of aryl methyl sites for hydroxylation is 1. The lowest BCUT2D eigenvalue weighted by Gasteiger charge is -2.16. The Labute approximate surface area is 111 Å². The predicted octanol–water partition coefficient (Wildman–Crippen LogP) is 0.867. The van der Waals surface area contributed by atoms with Crippen molar-refractivity contribution >= 4 is 11.7 Å². The molecule has 0 aromatic carbocycles. The van der Waals surface area contributed by atoms with Crippen molar-refractivity contribution < 1.29 is 9.18 Å². The Kier molecular flexibility index (Phi) is 2.67. The van der Waals surface area contributed by atoms with Crippen LogP contribution in [-0.4, -0.2) is 34.4 Å². The zero-order chi connectivity index (χ0) is 13.8. The van der Waals surface area contributed by atoms with Gasteiger partial charge in [0.2, 0.25) is 5.91 Å². The topological polar surface area (TPSA) is 64.2 Å². The number of nitrogens with zero attached hydrogens (tertiary/aromatic N) is 3. The molecule has 0 bridgehead atoms. The number of nitrogens with two attached hydrogens (primary N) is 1. The number of alkyl halides is 1. The van der Waals surface area contributed by atoms with E-state index in [9.17, 15) is 9.18 Å². The Bertz CT molecular complexity index is 525. The van der Waals surface area contributed by atoms with Crippen LogP contribution in [-0.2, 0) is 17.8 Å². The summed E-state index contributed by atoms with van der Waals surface area (Å²) in [7, 11) is 1.71. The van der Waals surface area contributed by atoms with Crippen LogP contribution in [0.15, 0.2) is 6.07 Å². The zero-order valence-electron chi connectivity index (χ0n) is 11.3. The van der Waals surface area contributed by atoms with Gasteiger partial charge < -0.3 is 5.73 Å². The van der Waals surface area contributed by atoms with Crippen molar-refractivity contribution in [2.75, 3.05) is 11.9 Å². The van der Waals surface area contributed by atoms with Crippen LogP contribution >= 0.6 is 0 Å². The minimum absolute atomic E-state index is 0.0647. The van der Waals surface area contributed by atoms with Gasteiger partial charge in [0.15, 0.2) is 0 Å². The number of amides is 1. The van der Waals surface area contributed by atoms with Gasteiger partial charge in [-0.2, -0.15) is 5.10 Å². The number of halogens is 1. The molecule has 1 fully saturated rings. The van der Waals surface area contributed by atoms with E-state index >= 15 is 0 Å². The molecule has 3 rings (SSSR count). The van der Waals surface area contributed by atoms with Crippen LogP contribution in [0.4, 0.5) is 10.2 Å². The first-order valence-corrected chi connectivity index (χ1v) is 6.67. The Morgan fingerprint density at radius 1 is 1.63 bits per heavy atom. The SMILES string of the molecule is CN1C(=O)C(N)CCn2nc(CC3CC3(C)F)cc21.